The van der Waals surface area contributed by atoms with Gasteiger partial charge in [-0.2, -0.15) is 0 Å². The molecule has 7 heteroatoms. The van der Waals surface area contributed by atoms with Crippen LogP contribution in [-0.4, -0.2) is 50.1 Å². The number of nitrogens with zero attached hydrogens (tertiary/aromatic N) is 2. The van der Waals surface area contributed by atoms with Crippen molar-refractivity contribution >= 4 is 23.0 Å². The zero-order valence-corrected chi connectivity index (χ0v) is 17.6. The van der Waals surface area contributed by atoms with Gasteiger partial charge in [0.2, 0.25) is 5.91 Å². The summed E-state index contributed by atoms with van der Waals surface area (Å²) in [6.45, 7) is 3.57. The van der Waals surface area contributed by atoms with E-state index in [1.165, 1.54) is 18.2 Å². The van der Waals surface area contributed by atoms with Crippen LogP contribution < -0.4 is 15.5 Å². The number of hydrogen-bond donors (Lipinski definition) is 2. The Morgan fingerprint density at radius 2 is 1.90 bits per heavy atom. The van der Waals surface area contributed by atoms with Gasteiger partial charge < -0.3 is 20.4 Å². The summed E-state index contributed by atoms with van der Waals surface area (Å²) in [6.07, 6.45) is 2.30. The van der Waals surface area contributed by atoms with E-state index in [1.807, 2.05) is 13.0 Å². The molecule has 5 nitrogen and oxygen atoms in total. The van der Waals surface area contributed by atoms with Crippen LogP contribution >= 0.6 is 0 Å². The van der Waals surface area contributed by atoms with Crippen molar-refractivity contribution in [1.29, 1.82) is 0 Å². The molecule has 2 aliphatic rings. The Morgan fingerprint density at radius 3 is 2.57 bits per heavy atom. The fraction of sp³-hybridized carbons (Fsp3) is 0.435. The Labute approximate surface area is 176 Å². The molecule has 2 aliphatic heterocycles. The lowest BCUT2D eigenvalue weighted by Crippen LogP contribution is -2.42. The number of carbonyl (C=O) groups is 1. The highest BCUT2D eigenvalue weighted by atomic mass is 19.1. The molecule has 0 saturated carbocycles. The summed E-state index contributed by atoms with van der Waals surface area (Å²) < 4.78 is 28.4. The number of hydrogen-bond acceptors (Lipinski definition) is 4. The lowest BCUT2D eigenvalue weighted by molar-refractivity contribution is -0.116. The first kappa shape index (κ1) is 20.6. The SMILES string of the molecule is Cc1ccc(F)c2c1NC(C(=O)Nc1cc(F)cc(N3CCC(N(C)C)CC3)c1)C2. The maximum Gasteiger partial charge on any atom is 0.247 e. The van der Waals surface area contributed by atoms with E-state index in [0.29, 0.717) is 23.0 Å². The number of fused-ring (bicyclic) bond motifs is 1. The minimum absolute atomic E-state index is 0.273. The monoisotopic (exact) mass is 414 g/mol. The van der Waals surface area contributed by atoms with Crippen LogP contribution in [0.3, 0.4) is 0 Å². The van der Waals surface area contributed by atoms with Crippen molar-refractivity contribution in [2.45, 2.75) is 38.3 Å². The van der Waals surface area contributed by atoms with E-state index >= 15 is 0 Å². The molecule has 0 aromatic heterocycles. The van der Waals surface area contributed by atoms with Gasteiger partial charge >= 0.3 is 0 Å². The van der Waals surface area contributed by atoms with Gasteiger partial charge in [-0.3, -0.25) is 4.79 Å². The molecule has 2 aromatic carbocycles. The molecule has 0 aliphatic carbocycles. The molecule has 1 unspecified atom stereocenters. The number of carbonyl (C=O) groups excluding carboxylic acids is 1. The normalized spacial score (nSPS) is 19.0. The molecule has 1 amide bonds. The minimum Gasteiger partial charge on any atom is -0.373 e. The maximum atomic E-state index is 14.3. The number of anilines is 3. The van der Waals surface area contributed by atoms with E-state index < -0.39 is 6.04 Å². The highest BCUT2D eigenvalue weighted by molar-refractivity contribution is 5.98. The average Bonchev–Trinajstić information content (AvgIpc) is 3.17. The summed E-state index contributed by atoms with van der Waals surface area (Å²) in [4.78, 5) is 17.2. The molecule has 4 rings (SSSR count). The standard InChI is InChI=1S/C23H28F2N4O/c1-14-4-5-20(25)19-13-21(27-22(14)19)23(30)26-16-10-15(24)11-18(12-16)29-8-6-17(7-9-29)28(2)3/h4-5,10-12,17,21,27H,6-9,13H2,1-3H3,(H,26,30). The van der Waals surface area contributed by atoms with Crippen molar-refractivity contribution < 1.29 is 13.6 Å². The third-order valence-electron chi connectivity index (χ3n) is 6.22. The van der Waals surface area contributed by atoms with Crippen molar-refractivity contribution in [1.82, 2.24) is 4.90 Å². The first-order valence-electron chi connectivity index (χ1n) is 10.4. The van der Waals surface area contributed by atoms with Gasteiger partial charge in [-0.25, -0.2) is 8.78 Å². The van der Waals surface area contributed by atoms with Crippen LogP contribution in [0.4, 0.5) is 25.8 Å². The lowest BCUT2D eigenvalue weighted by atomic mass is 10.0. The lowest BCUT2D eigenvalue weighted by Gasteiger charge is -2.36. The third kappa shape index (κ3) is 4.12. The Bertz CT molecular complexity index is 923. The Morgan fingerprint density at radius 1 is 1.17 bits per heavy atom. The zero-order chi connectivity index (χ0) is 21.4. The van der Waals surface area contributed by atoms with Crippen molar-refractivity contribution in [3.05, 3.63) is 53.1 Å². The van der Waals surface area contributed by atoms with Gasteiger partial charge in [-0.05, 0) is 63.7 Å². The highest BCUT2D eigenvalue weighted by Gasteiger charge is 2.30. The third-order valence-corrected chi connectivity index (χ3v) is 6.22. The van der Waals surface area contributed by atoms with Gasteiger partial charge in [0.05, 0.1) is 0 Å². The minimum atomic E-state index is -0.585. The maximum absolute atomic E-state index is 14.3. The van der Waals surface area contributed by atoms with Crippen LogP contribution in [0.15, 0.2) is 30.3 Å². The summed E-state index contributed by atoms with van der Waals surface area (Å²) in [5.74, 6) is -0.998. The summed E-state index contributed by atoms with van der Waals surface area (Å²) in [6, 6.07) is 7.71. The molecule has 1 atom stereocenters. The Balaban J connectivity index is 1.45. The molecule has 2 N–H and O–H groups in total. The zero-order valence-electron chi connectivity index (χ0n) is 17.6. The van der Waals surface area contributed by atoms with Crippen LogP contribution in [0.2, 0.25) is 0 Å². The first-order valence-corrected chi connectivity index (χ1v) is 10.4. The van der Waals surface area contributed by atoms with Gasteiger partial charge in [0.25, 0.3) is 0 Å². The van der Waals surface area contributed by atoms with Crippen LogP contribution in [0.25, 0.3) is 0 Å². The van der Waals surface area contributed by atoms with E-state index in [-0.39, 0.29) is 24.0 Å². The van der Waals surface area contributed by atoms with E-state index in [0.717, 1.165) is 37.2 Å². The van der Waals surface area contributed by atoms with Crippen LogP contribution in [0, 0.1) is 18.6 Å². The second-order valence-corrected chi connectivity index (χ2v) is 8.49. The molecular formula is C23H28F2N4O. The van der Waals surface area contributed by atoms with Gasteiger partial charge in [0.1, 0.15) is 17.7 Å². The number of rotatable bonds is 4. The molecule has 2 aromatic rings. The molecule has 160 valence electrons. The van der Waals surface area contributed by atoms with Crippen LogP contribution in [0.1, 0.15) is 24.0 Å². The molecule has 1 fully saturated rings. The molecule has 0 spiro atoms. The van der Waals surface area contributed by atoms with Crippen molar-refractivity contribution in [2.24, 2.45) is 0 Å². The number of amides is 1. The topological polar surface area (TPSA) is 47.6 Å². The summed E-state index contributed by atoms with van der Waals surface area (Å²) in [7, 11) is 4.16. The Hall–Kier alpha value is -2.67. The number of piperidine rings is 1. The van der Waals surface area contributed by atoms with Gasteiger partial charge in [0.15, 0.2) is 0 Å². The molecule has 0 radical (unpaired) electrons. The van der Waals surface area contributed by atoms with E-state index in [2.05, 4.69) is 34.5 Å². The van der Waals surface area contributed by atoms with Crippen molar-refractivity contribution in [2.75, 3.05) is 42.7 Å². The van der Waals surface area contributed by atoms with Gasteiger partial charge in [-0.1, -0.05) is 6.07 Å². The largest absolute Gasteiger partial charge is 0.373 e. The van der Waals surface area contributed by atoms with Gasteiger partial charge in [0, 0.05) is 48.2 Å². The number of halogens is 2. The summed E-state index contributed by atoms with van der Waals surface area (Å²) in [5.41, 5.74) is 3.29. The van der Waals surface area contributed by atoms with Crippen molar-refractivity contribution in [3.8, 4) is 0 Å². The average molecular weight is 415 g/mol. The molecule has 1 saturated heterocycles. The number of aryl methyl sites for hydroxylation is 1. The second-order valence-electron chi connectivity index (χ2n) is 8.49. The highest BCUT2D eigenvalue weighted by Crippen LogP contribution is 2.32. The van der Waals surface area contributed by atoms with Crippen molar-refractivity contribution in [3.63, 3.8) is 0 Å². The smallest absolute Gasteiger partial charge is 0.247 e. The molecular weight excluding hydrogens is 386 g/mol. The fourth-order valence-electron chi connectivity index (χ4n) is 4.43. The molecule has 0 bridgehead atoms. The second kappa shape index (κ2) is 8.22. The van der Waals surface area contributed by atoms with E-state index in [4.69, 9.17) is 0 Å². The molecule has 2 heterocycles. The number of benzene rings is 2. The summed E-state index contributed by atoms with van der Waals surface area (Å²) in [5, 5.41) is 5.92. The van der Waals surface area contributed by atoms with E-state index in [1.54, 1.807) is 6.07 Å². The quantitative estimate of drug-likeness (QED) is 0.800. The van der Waals surface area contributed by atoms with E-state index in [9.17, 15) is 13.6 Å². The predicted molar refractivity (Wildman–Crippen MR) is 116 cm³/mol. The van der Waals surface area contributed by atoms with Crippen LogP contribution in [0.5, 0.6) is 0 Å². The summed E-state index contributed by atoms with van der Waals surface area (Å²) >= 11 is 0. The van der Waals surface area contributed by atoms with Crippen LogP contribution in [-0.2, 0) is 11.2 Å². The number of nitrogens with one attached hydrogen (secondary N) is 2. The fourth-order valence-corrected chi connectivity index (χ4v) is 4.43. The first-order chi connectivity index (χ1) is 14.3. The molecule has 30 heavy (non-hydrogen) atoms. The predicted octanol–water partition coefficient (Wildman–Crippen LogP) is 3.78. The van der Waals surface area contributed by atoms with Gasteiger partial charge in [-0.15, -0.1) is 0 Å². The Kier molecular flexibility index (Phi) is 5.64.